The number of fused-ring (bicyclic) bond motifs is 2. The van der Waals surface area contributed by atoms with Crippen LogP contribution in [0.2, 0.25) is 0 Å². The molecule has 0 bridgehead atoms. The third-order valence-corrected chi connectivity index (χ3v) is 7.15. The molecule has 0 radical (unpaired) electrons. The molecule has 5 heteroatoms. The topological polar surface area (TPSA) is 45.5 Å². The highest BCUT2D eigenvalue weighted by atomic mass is 15.2. The second-order valence-electron chi connectivity index (χ2n) is 9.71. The zero-order valence-electron chi connectivity index (χ0n) is 20.2. The number of nitrogens with one attached hydrogen (secondary N) is 1. The van der Waals surface area contributed by atoms with E-state index in [0.29, 0.717) is 24.2 Å². The Morgan fingerprint density at radius 3 is 2.65 bits per heavy atom. The molecule has 1 aliphatic heterocycles. The van der Waals surface area contributed by atoms with E-state index in [4.69, 9.17) is 4.98 Å². The van der Waals surface area contributed by atoms with E-state index in [-0.39, 0.29) is 7.43 Å². The van der Waals surface area contributed by atoms with E-state index in [1.165, 1.54) is 22.4 Å². The Bertz CT molecular complexity index is 1300. The summed E-state index contributed by atoms with van der Waals surface area (Å²) >= 11 is 0. The maximum absolute atomic E-state index is 4.72. The van der Waals surface area contributed by atoms with Crippen molar-refractivity contribution >= 4 is 17.0 Å². The van der Waals surface area contributed by atoms with E-state index in [1.807, 2.05) is 30.5 Å². The SMILES string of the molecule is C.C=C(NCc1ccc2c(c1)CN(C1=CC(C)C1C)CC2)c1cc(C(=C)C)n2cc(C)nc2n1. The Morgan fingerprint density at radius 2 is 1.94 bits per heavy atom. The number of hydrogen-bond acceptors (Lipinski definition) is 4. The summed E-state index contributed by atoms with van der Waals surface area (Å²) in [7, 11) is 0. The first-order valence-corrected chi connectivity index (χ1v) is 11.8. The molecule has 1 N–H and O–H groups in total. The molecule has 0 amide bonds. The first kappa shape index (κ1) is 23.8. The molecule has 2 atom stereocenters. The molecule has 0 fully saturated rings. The van der Waals surface area contributed by atoms with E-state index in [2.05, 4.69) is 66.5 Å². The first-order valence-electron chi connectivity index (χ1n) is 11.8. The predicted octanol–water partition coefficient (Wildman–Crippen LogP) is 6.00. The summed E-state index contributed by atoms with van der Waals surface area (Å²) in [6.07, 6.45) is 5.53. The van der Waals surface area contributed by atoms with Crippen LogP contribution in [0.1, 0.15) is 62.0 Å². The average Bonchev–Trinajstić information content (AvgIpc) is 3.19. The molecule has 34 heavy (non-hydrogen) atoms. The number of aromatic nitrogens is 3. The molecule has 2 aromatic heterocycles. The number of benzene rings is 1. The number of aryl methyl sites for hydroxylation is 1. The van der Waals surface area contributed by atoms with Crippen molar-refractivity contribution in [3.63, 3.8) is 0 Å². The zero-order valence-corrected chi connectivity index (χ0v) is 20.2. The summed E-state index contributed by atoms with van der Waals surface area (Å²) in [5, 5.41) is 3.48. The summed E-state index contributed by atoms with van der Waals surface area (Å²) in [6, 6.07) is 8.91. The molecule has 3 heterocycles. The van der Waals surface area contributed by atoms with E-state index in [1.54, 1.807) is 0 Å². The minimum Gasteiger partial charge on any atom is -0.380 e. The minimum absolute atomic E-state index is 0. The summed E-state index contributed by atoms with van der Waals surface area (Å²) in [5.41, 5.74) is 10.2. The van der Waals surface area contributed by atoms with Gasteiger partial charge in [0.25, 0.3) is 0 Å². The second kappa shape index (κ2) is 9.13. The molecule has 1 aromatic carbocycles. The van der Waals surface area contributed by atoms with Crippen LogP contribution in [0.15, 0.2) is 55.4 Å². The second-order valence-corrected chi connectivity index (χ2v) is 9.71. The molecule has 0 saturated carbocycles. The van der Waals surface area contributed by atoms with Crippen LogP contribution in [0, 0.1) is 18.8 Å². The predicted molar refractivity (Wildman–Crippen MR) is 142 cm³/mol. The van der Waals surface area contributed by atoms with Crippen molar-refractivity contribution in [2.45, 2.75) is 54.6 Å². The summed E-state index contributed by atoms with van der Waals surface area (Å²) in [6.45, 7) is 19.8. The quantitative estimate of drug-likeness (QED) is 0.495. The molecule has 5 rings (SSSR count). The van der Waals surface area contributed by atoms with E-state index < -0.39 is 0 Å². The maximum atomic E-state index is 4.72. The van der Waals surface area contributed by atoms with E-state index in [9.17, 15) is 0 Å². The smallest absolute Gasteiger partial charge is 0.235 e. The van der Waals surface area contributed by atoms with Crippen LogP contribution in [-0.4, -0.2) is 25.8 Å². The molecule has 0 spiro atoms. The summed E-state index contributed by atoms with van der Waals surface area (Å²) in [5.74, 6) is 2.05. The number of imidazole rings is 1. The lowest BCUT2D eigenvalue weighted by Gasteiger charge is -2.42. The van der Waals surface area contributed by atoms with Crippen LogP contribution in [0.5, 0.6) is 0 Å². The molecule has 1 aliphatic carbocycles. The van der Waals surface area contributed by atoms with Crippen LogP contribution in [-0.2, 0) is 19.5 Å². The van der Waals surface area contributed by atoms with Gasteiger partial charge in [0.05, 0.1) is 22.8 Å². The lowest BCUT2D eigenvalue weighted by atomic mass is 9.80. The average molecular weight is 456 g/mol. The van der Waals surface area contributed by atoms with Crippen molar-refractivity contribution in [2.75, 3.05) is 6.54 Å². The molecule has 3 aromatic rings. The lowest BCUT2D eigenvalue weighted by molar-refractivity contribution is 0.239. The van der Waals surface area contributed by atoms with Gasteiger partial charge in [0.15, 0.2) is 0 Å². The molecular formula is C29H37N5. The zero-order chi connectivity index (χ0) is 23.3. The van der Waals surface area contributed by atoms with Crippen molar-refractivity contribution in [1.29, 1.82) is 0 Å². The molecule has 5 nitrogen and oxygen atoms in total. The van der Waals surface area contributed by atoms with Gasteiger partial charge in [-0.2, -0.15) is 0 Å². The fourth-order valence-corrected chi connectivity index (χ4v) is 4.91. The maximum Gasteiger partial charge on any atom is 0.235 e. The number of nitrogens with zero attached hydrogens (tertiary/aromatic N) is 4. The molecule has 2 aliphatic rings. The Labute approximate surface area is 203 Å². The lowest BCUT2D eigenvalue weighted by Crippen LogP contribution is -2.38. The molecule has 178 valence electrons. The fourth-order valence-electron chi connectivity index (χ4n) is 4.91. The van der Waals surface area contributed by atoms with Crippen molar-refractivity contribution < 1.29 is 0 Å². The Hall–Kier alpha value is -3.34. The van der Waals surface area contributed by atoms with Crippen molar-refractivity contribution in [2.24, 2.45) is 11.8 Å². The largest absolute Gasteiger partial charge is 0.380 e. The van der Waals surface area contributed by atoms with Gasteiger partial charge in [-0.15, -0.1) is 0 Å². The Kier molecular flexibility index (Phi) is 6.39. The van der Waals surface area contributed by atoms with Gasteiger partial charge in [-0.05, 0) is 54.5 Å². The highest BCUT2D eigenvalue weighted by Gasteiger charge is 2.30. The van der Waals surface area contributed by atoms with Gasteiger partial charge in [0, 0.05) is 37.4 Å². The van der Waals surface area contributed by atoms with Gasteiger partial charge in [0.2, 0.25) is 5.78 Å². The minimum atomic E-state index is 0. The number of allylic oxidation sites excluding steroid dienone is 3. The normalized spacial score (nSPS) is 19.1. The van der Waals surface area contributed by atoms with E-state index >= 15 is 0 Å². The van der Waals surface area contributed by atoms with Crippen molar-refractivity contribution in [1.82, 2.24) is 24.6 Å². The highest BCUT2D eigenvalue weighted by molar-refractivity contribution is 5.67. The van der Waals surface area contributed by atoms with Gasteiger partial charge in [-0.3, -0.25) is 4.40 Å². The van der Waals surface area contributed by atoms with Gasteiger partial charge < -0.3 is 10.2 Å². The molecule has 2 unspecified atom stereocenters. The van der Waals surface area contributed by atoms with E-state index in [0.717, 1.165) is 47.9 Å². The van der Waals surface area contributed by atoms with Crippen LogP contribution < -0.4 is 5.32 Å². The fraction of sp³-hybridized carbons (Fsp3) is 0.379. The third kappa shape index (κ3) is 4.27. The van der Waals surface area contributed by atoms with Crippen LogP contribution >= 0.6 is 0 Å². The number of rotatable bonds is 6. The monoisotopic (exact) mass is 455 g/mol. The number of hydrogen-bond donors (Lipinski definition) is 1. The summed E-state index contributed by atoms with van der Waals surface area (Å²) < 4.78 is 1.99. The third-order valence-electron chi connectivity index (χ3n) is 7.15. The Morgan fingerprint density at radius 1 is 1.15 bits per heavy atom. The molecular weight excluding hydrogens is 418 g/mol. The van der Waals surface area contributed by atoms with Gasteiger partial charge >= 0.3 is 0 Å². The summed E-state index contributed by atoms with van der Waals surface area (Å²) in [4.78, 5) is 11.8. The Balaban J connectivity index is 0.00000274. The van der Waals surface area contributed by atoms with Crippen LogP contribution in [0.3, 0.4) is 0 Å². The van der Waals surface area contributed by atoms with Gasteiger partial charge in [-0.25, -0.2) is 9.97 Å². The first-order chi connectivity index (χ1) is 15.8. The van der Waals surface area contributed by atoms with Crippen molar-refractivity contribution in [3.05, 3.63) is 89.2 Å². The van der Waals surface area contributed by atoms with Crippen molar-refractivity contribution in [3.8, 4) is 0 Å². The highest BCUT2D eigenvalue weighted by Crippen LogP contribution is 2.37. The van der Waals surface area contributed by atoms with Crippen LogP contribution in [0.4, 0.5) is 0 Å². The van der Waals surface area contributed by atoms with Crippen LogP contribution in [0.25, 0.3) is 17.0 Å². The standard InChI is InChI=1S/C28H33N5.CH4/c1-17(2)26-13-25(31-28-30-19(4)15-33(26)28)21(6)29-14-22-7-8-23-9-10-32(16-24(23)12-22)27-11-18(3)20(27)5;/h7-8,11-13,15,18,20,29H,1,6,9-10,14,16H2,2-5H3;1H4. The molecule has 0 saturated heterocycles. The van der Waals surface area contributed by atoms with Gasteiger partial charge in [0.1, 0.15) is 0 Å². The van der Waals surface area contributed by atoms with Gasteiger partial charge in [-0.1, -0.05) is 58.7 Å².